The summed E-state index contributed by atoms with van der Waals surface area (Å²) in [4.78, 5) is 0. The van der Waals surface area contributed by atoms with Crippen molar-refractivity contribution in [3.8, 4) is 12.1 Å². The smallest absolute Gasteiger partial charge is 0.0686 e. The molecule has 6 unspecified atom stereocenters. The fraction of sp³-hybridized carbons (Fsp3) is 0.926. The minimum Gasteiger partial charge on any atom is -0.312 e. The molecule has 5 fully saturated rings. The third-order valence-electron chi connectivity index (χ3n) is 10.6. The highest BCUT2D eigenvalue weighted by Crippen LogP contribution is 2.49. The average Bonchev–Trinajstić information content (AvgIpc) is 3.28. The van der Waals surface area contributed by atoms with Gasteiger partial charge in [0.2, 0.25) is 0 Å². The van der Waals surface area contributed by atoms with Gasteiger partial charge in [0.1, 0.15) is 0 Å². The molecule has 2 heterocycles. The van der Waals surface area contributed by atoms with Crippen LogP contribution >= 0.6 is 0 Å². The van der Waals surface area contributed by atoms with Crippen LogP contribution in [0.3, 0.4) is 0 Å². The number of piperidine rings is 1. The molecule has 6 atom stereocenters. The Labute approximate surface area is 195 Å². The molecule has 0 aromatic rings. The number of nitrogens with zero attached hydrogens (tertiary/aromatic N) is 2. The molecule has 32 heavy (non-hydrogen) atoms. The Morgan fingerprint density at radius 3 is 2.12 bits per heavy atom. The molecule has 3 N–H and O–H groups in total. The fourth-order valence-corrected chi connectivity index (χ4v) is 8.47. The van der Waals surface area contributed by atoms with Gasteiger partial charge in [0.05, 0.1) is 17.6 Å². The first-order chi connectivity index (χ1) is 15.5. The molecule has 0 radical (unpaired) electrons. The lowest BCUT2D eigenvalue weighted by atomic mass is 9.59. The first-order valence-electron chi connectivity index (χ1n) is 13.6. The Bertz CT molecular complexity index is 734. The van der Waals surface area contributed by atoms with E-state index in [1.165, 1.54) is 57.8 Å². The summed E-state index contributed by atoms with van der Waals surface area (Å²) in [5, 5.41) is 22.8. The Balaban J connectivity index is 1.24. The second kappa shape index (κ2) is 9.25. The van der Waals surface area contributed by atoms with Crippen LogP contribution in [-0.4, -0.2) is 24.7 Å². The molecule has 3 saturated carbocycles. The lowest BCUT2D eigenvalue weighted by molar-refractivity contribution is 0.0429. The number of fused-ring (bicyclic) bond motifs is 3. The summed E-state index contributed by atoms with van der Waals surface area (Å²) < 4.78 is 0. The molecule has 2 saturated heterocycles. The standard InChI is InChI=1S/C27H43N5/c1-27(2,16-29)21-10-7-19(8-11-21)26-25-22-13-20(18-5-3-17(14-28)4-6-18)9-12-23(22)30-15-24(25)31-32-26/h17-26,30-32H,3-13,15H2,1-2H3. The number of nitrogens with one attached hydrogen (secondary N) is 3. The molecule has 0 amide bonds. The summed E-state index contributed by atoms with van der Waals surface area (Å²) in [6.45, 7) is 5.37. The van der Waals surface area contributed by atoms with Gasteiger partial charge in [-0.25, -0.2) is 0 Å². The van der Waals surface area contributed by atoms with E-state index in [1.807, 2.05) is 0 Å². The van der Waals surface area contributed by atoms with Gasteiger partial charge in [0.25, 0.3) is 0 Å². The topological polar surface area (TPSA) is 83.7 Å². The van der Waals surface area contributed by atoms with Gasteiger partial charge in [-0.2, -0.15) is 10.5 Å². The van der Waals surface area contributed by atoms with Gasteiger partial charge in [0, 0.05) is 30.6 Å². The summed E-state index contributed by atoms with van der Waals surface area (Å²) in [6, 6.07) is 6.93. The molecule has 5 rings (SSSR count). The van der Waals surface area contributed by atoms with Crippen LogP contribution in [0.1, 0.15) is 84.5 Å². The van der Waals surface area contributed by atoms with Crippen LogP contribution in [0.2, 0.25) is 0 Å². The van der Waals surface area contributed by atoms with Gasteiger partial charge >= 0.3 is 0 Å². The van der Waals surface area contributed by atoms with E-state index in [1.54, 1.807) is 0 Å². The lowest BCUT2D eigenvalue weighted by Crippen LogP contribution is -2.58. The van der Waals surface area contributed by atoms with Crippen LogP contribution in [0.25, 0.3) is 0 Å². The van der Waals surface area contributed by atoms with Crippen LogP contribution in [-0.2, 0) is 0 Å². The van der Waals surface area contributed by atoms with Crippen molar-refractivity contribution in [3.05, 3.63) is 0 Å². The van der Waals surface area contributed by atoms with Gasteiger partial charge in [0.15, 0.2) is 0 Å². The van der Waals surface area contributed by atoms with Crippen molar-refractivity contribution in [3.63, 3.8) is 0 Å². The maximum Gasteiger partial charge on any atom is 0.0686 e. The molecule has 3 aliphatic carbocycles. The molecule has 5 aliphatic rings. The second-order valence-electron chi connectivity index (χ2n) is 12.4. The van der Waals surface area contributed by atoms with Gasteiger partial charge in [-0.3, -0.25) is 10.9 Å². The van der Waals surface area contributed by atoms with Crippen molar-refractivity contribution in [2.45, 2.75) is 103 Å². The molecule has 5 nitrogen and oxygen atoms in total. The third-order valence-corrected chi connectivity index (χ3v) is 10.6. The molecular weight excluding hydrogens is 394 g/mol. The van der Waals surface area contributed by atoms with E-state index >= 15 is 0 Å². The molecule has 0 spiro atoms. The van der Waals surface area contributed by atoms with E-state index in [4.69, 9.17) is 0 Å². The second-order valence-corrected chi connectivity index (χ2v) is 12.4. The minimum absolute atomic E-state index is 0.185. The number of nitriles is 2. The van der Waals surface area contributed by atoms with Crippen molar-refractivity contribution in [2.75, 3.05) is 6.54 Å². The number of rotatable bonds is 3. The van der Waals surface area contributed by atoms with E-state index in [0.717, 1.165) is 49.0 Å². The van der Waals surface area contributed by atoms with E-state index in [0.29, 0.717) is 30.0 Å². The average molecular weight is 438 g/mol. The van der Waals surface area contributed by atoms with Gasteiger partial charge in [-0.1, -0.05) is 0 Å². The highest BCUT2D eigenvalue weighted by molar-refractivity contribution is 5.08. The molecule has 5 heteroatoms. The normalized spacial score (nSPS) is 47.0. The van der Waals surface area contributed by atoms with Gasteiger partial charge < -0.3 is 5.32 Å². The summed E-state index contributed by atoms with van der Waals surface area (Å²) in [6.07, 6.45) is 13.9. The Morgan fingerprint density at radius 2 is 1.44 bits per heavy atom. The van der Waals surface area contributed by atoms with Crippen LogP contribution in [0.4, 0.5) is 0 Å². The van der Waals surface area contributed by atoms with Crippen molar-refractivity contribution in [1.29, 1.82) is 10.5 Å². The number of hydrogen-bond donors (Lipinski definition) is 3. The Kier molecular flexibility index (Phi) is 6.54. The largest absolute Gasteiger partial charge is 0.312 e. The minimum atomic E-state index is -0.185. The van der Waals surface area contributed by atoms with Crippen molar-refractivity contribution in [2.24, 2.45) is 46.8 Å². The van der Waals surface area contributed by atoms with E-state index in [9.17, 15) is 10.5 Å². The van der Waals surface area contributed by atoms with Gasteiger partial charge in [-0.15, -0.1) is 0 Å². The van der Waals surface area contributed by atoms with Crippen molar-refractivity contribution >= 4 is 0 Å². The van der Waals surface area contributed by atoms with Gasteiger partial charge in [-0.05, 0) is 120 Å². The SMILES string of the molecule is CC(C)(C#N)C1CCC(C2NNC3CNC4CCC(C5CCC(C#N)CC5)CC4C32)CC1. The predicted octanol–water partition coefficient (Wildman–Crippen LogP) is 4.52. The lowest BCUT2D eigenvalue weighted by Gasteiger charge is -2.50. The summed E-state index contributed by atoms with van der Waals surface area (Å²) in [7, 11) is 0. The molecule has 0 aromatic carbocycles. The zero-order valence-corrected chi connectivity index (χ0v) is 20.2. The fourth-order valence-electron chi connectivity index (χ4n) is 8.47. The highest BCUT2D eigenvalue weighted by Gasteiger charge is 2.52. The summed E-state index contributed by atoms with van der Waals surface area (Å²) in [5.41, 5.74) is 7.30. The third kappa shape index (κ3) is 4.22. The maximum atomic E-state index is 9.57. The highest BCUT2D eigenvalue weighted by atomic mass is 15.4. The summed E-state index contributed by atoms with van der Waals surface area (Å²) >= 11 is 0. The van der Waals surface area contributed by atoms with Crippen molar-refractivity contribution in [1.82, 2.24) is 16.2 Å². The van der Waals surface area contributed by atoms with Crippen molar-refractivity contribution < 1.29 is 0 Å². The van der Waals surface area contributed by atoms with Crippen LogP contribution < -0.4 is 16.2 Å². The van der Waals surface area contributed by atoms with Crippen LogP contribution in [0, 0.1) is 69.5 Å². The first kappa shape index (κ1) is 22.6. The molecule has 0 aromatic heterocycles. The van der Waals surface area contributed by atoms with E-state index in [2.05, 4.69) is 42.2 Å². The monoisotopic (exact) mass is 437 g/mol. The zero-order valence-electron chi connectivity index (χ0n) is 20.2. The predicted molar refractivity (Wildman–Crippen MR) is 126 cm³/mol. The van der Waals surface area contributed by atoms with Crippen LogP contribution in [0.5, 0.6) is 0 Å². The molecule has 2 aliphatic heterocycles. The molecular formula is C27H43N5. The Morgan fingerprint density at radius 1 is 0.750 bits per heavy atom. The maximum absolute atomic E-state index is 9.57. The van der Waals surface area contributed by atoms with E-state index < -0.39 is 0 Å². The van der Waals surface area contributed by atoms with E-state index in [-0.39, 0.29) is 5.41 Å². The quantitative estimate of drug-likeness (QED) is 0.604. The number of hydrazine groups is 1. The molecule has 176 valence electrons. The first-order valence-corrected chi connectivity index (χ1v) is 13.6. The van der Waals surface area contributed by atoms with Crippen LogP contribution in [0.15, 0.2) is 0 Å². The summed E-state index contributed by atoms with van der Waals surface area (Å²) in [5.74, 6) is 4.85. The number of hydrogen-bond acceptors (Lipinski definition) is 5. The molecule has 0 bridgehead atoms. The Hall–Kier alpha value is -1.14. The zero-order chi connectivity index (χ0) is 22.3.